The summed E-state index contributed by atoms with van der Waals surface area (Å²) in [5.74, 6) is -1.65. The van der Waals surface area contributed by atoms with E-state index in [4.69, 9.17) is 20.9 Å². The van der Waals surface area contributed by atoms with Crippen LogP contribution in [0.3, 0.4) is 0 Å². The highest BCUT2D eigenvalue weighted by molar-refractivity contribution is 5.92. The quantitative estimate of drug-likeness (QED) is 0.180. The molecule has 8 nitrogen and oxygen atoms in total. The molecule has 4 atom stereocenters. The highest BCUT2D eigenvalue weighted by Gasteiger charge is 2.40. The van der Waals surface area contributed by atoms with E-state index in [0.29, 0.717) is 33.4 Å². The lowest BCUT2D eigenvalue weighted by Gasteiger charge is -2.36. The summed E-state index contributed by atoms with van der Waals surface area (Å²) in [6, 6.07) is 34.0. The van der Waals surface area contributed by atoms with E-state index in [-0.39, 0.29) is 0 Å². The fourth-order valence-electron chi connectivity index (χ4n) is 5.00. The van der Waals surface area contributed by atoms with Gasteiger partial charge >= 0.3 is 11.9 Å². The zero-order valence-corrected chi connectivity index (χ0v) is 24.4. The third kappa shape index (κ3) is 6.91. The highest BCUT2D eigenvalue weighted by Crippen LogP contribution is 2.39. The van der Waals surface area contributed by atoms with Gasteiger partial charge in [-0.3, -0.25) is 0 Å². The molecule has 0 radical (unpaired) electrons. The molecule has 0 saturated carbocycles. The van der Waals surface area contributed by atoms with Gasteiger partial charge in [-0.25, -0.2) is 9.59 Å². The number of nitriles is 2. The molecule has 0 aliphatic heterocycles. The molecule has 0 aromatic heterocycles. The van der Waals surface area contributed by atoms with Gasteiger partial charge in [0.05, 0.1) is 35.3 Å². The number of nitrogens with two attached hydrogens (primary N) is 2. The number of rotatable bonds is 10. The van der Waals surface area contributed by atoms with Crippen molar-refractivity contribution in [1.82, 2.24) is 0 Å². The number of esters is 2. The van der Waals surface area contributed by atoms with Crippen LogP contribution in [-0.2, 0) is 30.3 Å². The Bertz CT molecular complexity index is 1610. The first-order valence-corrected chi connectivity index (χ1v) is 13.9. The van der Waals surface area contributed by atoms with Crippen molar-refractivity contribution in [2.24, 2.45) is 11.5 Å². The Labute approximate surface area is 256 Å². The Morgan fingerprint density at radius 2 is 1.00 bits per heavy atom. The van der Waals surface area contributed by atoms with Crippen molar-refractivity contribution in [2.45, 2.75) is 37.1 Å². The lowest BCUT2D eigenvalue weighted by molar-refractivity contribution is -0.158. The van der Waals surface area contributed by atoms with Gasteiger partial charge in [0.2, 0.25) is 0 Å². The lowest BCUT2D eigenvalue weighted by Crippen LogP contribution is -2.40. The minimum Gasteiger partial charge on any atom is -0.449 e. The molecule has 4 N–H and O–H groups in total. The maximum atomic E-state index is 13.2. The van der Waals surface area contributed by atoms with Crippen LogP contribution in [-0.4, -0.2) is 11.9 Å². The Morgan fingerprint density at radius 1 is 0.636 bits per heavy atom. The van der Waals surface area contributed by atoms with Crippen molar-refractivity contribution in [3.63, 3.8) is 0 Å². The van der Waals surface area contributed by atoms with Crippen LogP contribution < -0.4 is 11.5 Å². The molecule has 4 unspecified atom stereocenters. The van der Waals surface area contributed by atoms with E-state index in [1.807, 2.05) is 12.1 Å². The standard InChI is InChI=1S/C36H32N4O4/c1-35(29-15-5-3-6-16-29,33(39)27-13-9-11-25(21-27)23-37)43-31(41)19-20-32(42)44-36(2,30-17-7-4-8-18-30)34(40)28-14-10-12-26(22-28)24-38/h3-22,33-34H,39-40H2,1-2H3/b20-19-. The molecule has 0 amide bonds. The monoisotopic (exact) mass is 584 g/mol. The molecule has 0 aliphatic rings. The van der Waals surface area contributed by atoms with E-state index in [2.05, 4.69) is 12.1 Å². The van der Waals surface area contributed by atoms with E-state index in [9.17, 15) is 20.1 Å². The van der Waals surface area contributed by atoms with E-state index in [1.54, 1.807) is 111 Å². The average molecular weight is 585 g/mol. The van der Waals surface area contributed by atoms with Crippen molar-refractivity contribution < 1.29 is 19.1 Å². The summed E-state index contributed by atoms with van der Waals surface area (Å²) in [5, 5.41) is 18.7. The molecule has 4 rings (SSSR count). The number of carbonyl (C=O) groups excluding carboxylic acids is 2. The third-order valence-corrected chi connectivity index (χ3v) is 7.61. The normalized spacial score (nSPS) is 15.0. The first-order chi connectivity index (χ1) is 21.1. The topological polar surface area (TPSA) is 152 Å². The van der Waals surface area contributed by atoms with Crippen LogP contribution in [0.2, 0.25) is 0 Å². The molecule has 0 fully saturated rings. The van der Waals surface area contributed by atoms with Crippen molar-refractivity contribution >= 4 is 11.9 Å². The van der Waals surface area contributed by atoms with E-state index in [0.717, 1.165) is 12.2 Å². The fourth-order valence-corrected chi connectivity index (χ4v) is 5.00. The molecule has 44 heavy (non-hydrogen) atoms. The van der Waals surface area contributed by atoms with Gasteiger partial charge in [-0.1, -0.05) is 84.9 Å². The summed E-state index contributed by atoms with van der Waals surface area (Å²) in [4.78, 5) is 26.4. The van der Waals surface area contributed by atoms with Crippen LogP contribution in [0, 0.1) is 22.7 Å². The third-order valence-electron chi connectivity index (χ3n) is 7.61. The van der Waals surface area contributed by atoms with Crippen LogP contribution in [0.4, 0.5) is 0 Å². The Balaban J connectivity index is 1.59. The van der Waals surface area contributed by atoms with Crippen LogP contribution in [0.15, 0.2) is 121 Å². The lowest BCUT2D eigenvalue weighted by atomic mass is 9.84. The first kappa shape index (κ1) is 31.4. The van der Waals surface area contributed by atoms with Gasteiger partial charge < -0.3 is 20.9 Å². The number of nitrogens with zero attached hydrogens (tertiary/aromatic N) is 2. The van der Waals surface area contributed by atoms with Gasteiger partial charge in [-0.15, -0.1) is 0 Å². The summed E-state index contributed by atoms with van der Waals surface area (Å²) in [6.45, 7) is 3.36. The second-order valence-electron chi connectivity index (χ2n) is 10.6. The summed E-state index contributed by atoms with van der Waals surface area (Å²) in [7, 11) is 0. The largest absolute Gasteiger partial charge is 0.449 e. The fraction of sp³-hybridized carbons (Fsp3) is 0.167. The Hall–Kier alpha value is -5.54. The summed E-state index contributed by atoms with van der Waals surface area (Å²) in [6.07, 6.45) is 1.96. The summed E-state index contributed by atoms with van der Waals surface area (Å²) < 4.78 is 11.8. The van der Waals surface area contributed by atoms with Gasteiger partial charge in [0, 0.05) is 12.2 Å². The van der Waals surface area contributed by atoms with Crippen molar-refractivity contribution in [2.75, 3.05) is 0 Å². The molecule has 4 aromatic rings. The smallest absolute Gasteiger partial charge is 0.331 e. The number of carbonyl (C=O) groups is 2. The first-order valence-electron chi connectivity index (χ1n) is 13.9. The van der Waals surface area contributed by atoms with Crippen molar-refractivity contribution in [3.05, 3.63) is 155 Å². The van der Waals surface area contributed by atoms with Gasteiger partial charge in [0.15, 0.2) is 11.2 Å². The average Bonchev–Trinajstić information content (AvgIpc) is 3.07. The SMILES string of the molecule is CC(OC(=O)/C=C\C(=O)OC(C)(c1ccccc1)C(N)c1cccc(C#N)c1)(c1ccccc1)C(N)c1cccc(C#N)c1. The molecule has 0 spiro atoms. The summed E-state index contributed by atoms with van der Waals surface area (Å²) >= 11 is 0. The number of hydrogen-bond acceptors (Lipinski definition) is 8. The van der Waals surface area contributed by atoms with Gasteiger partial charge in [0.25, 0.3) is 0 Å². The number of benzene rings is 4. The van der Waals surface area contributed by atoms with Gasteiger partial charge in [-0.2, -0.15) is 10.5 Å². The van der Waals surface area contributed by atoms with E-state index in [1.165, 1.54) is 0 Å². The zero-order valence-electron chi connectivity index (χ0n) is 24.4. The molecule has 0 saturated heterocycles. The van der Waals surface area contributed by atoms with Crippen LogP contribution in [0.1, 0.15) is 59.3 Å². The minimum atomic E-state index is -1.35. The van der Waals surface area contributed by atoms with E-state index >= 15 is 0 Å². The Kier molecular flexibility index (Phi) is 9.72. The Morgan fingerprint density at radius 3 is 1.34 bits per heavy atom. The molecule has 220 valence electrons. The maximum absolute atomic E-state index is 13.2. The van der Waals surface area contributed by atoms with Gasteiger partial charge in [-0.05, 0) is 60.4 Å². The number of hydrogen-bond donors (Lipinski definition) is 2. The predicted molar refractivity (Wildman–Crippen MR) is 165 cm³/mol. The molecular weight excluding hydrogens is 552 g/mol. The molecule has 0 bridgehead atoms. The number of ether oxygens (including phenoxy) is 2. The zero-order chi connectivity index (χ0) is 31.7. The van der Waals surface area contributed by atoms with Crippen LogP contribution in [0.5, 0.6) is 0 Å². The molecule has 4 aromatic carbocycles. The minimum absolute atomic E-state index is 0.418. The predicted octanol–water partition coefficient (Wildman–Crippen LogP) is 5.60. The summed E-state index contributed by atoms with van der Waals surface area (Å²) in [5.41, 5.74) is 13.9. The molecule has 0 heterocycles. The molecular formula is C36H32N4O4. The van der Waals surface area contributed by atoms with Crippen LogP contribution >= 0.6 is 0 Å². The maximum Gasteiger partial charge on any atom is 0.331 e. The van der Waals surface area contributed by atoms with Crippen molar-refractivity contribution in [1.29, 1.82) is 10.5 Å². The van der Waals surface area contributed by atoms with Crippen molar-refractivity contribution in [3.8, 4) is 12.1 Å². The molecule has 8 heteroatoms. The second-order valence-corrected chi connectivity index (χ2v) is 10.6. The van der Waals surface area contributed by atoms with E-state index < -0.39 is 35.2 Å². The van der Waals surface area contributed by atoms with Gasteiger partial charge in [0.1, 0.15) is 0 Å². The highest BCUT2D eigenvalue weighted by atomic mass is 16.6. The molecule has 0 aliphatic carbocycles. The van der Waals surface area contributed by atoms with Crippen LogP contribution in [0.25, 0.3) is 0 Å². The second kappa shape index (κ2) is 13.6.